The number of amides is 4. The quantitative estimate of drug-likeness (QED) is 0.565. The van der Waals surface area contributed by atoms with Crippen LogP contribution < -0.4 is 10.6 Å². The van der Waals surface area contributed by atoms with Gasteiger partial charge in [0.15, 0.2) is 0 Å². The summed E-state index contributed by atoms with van der Waals surface area (Å²) in [6, 6.07) is 4.22. The van der Waals surface area contributed by atoms with Crippen LogP contribution >= 0.6 is 0 Å². The molecule has 1 fully saturated rings. The molecule has 0 bridgehead atoms. The lowest BCUT2D eigenvalue weighted by Gasteiger charge is -2.17. The van der Waals surface area contributed by atoms with E-state index in [9.17, 15) is 19.2 Å². The van der Waals surface area contributed by atoms with Gasteiger partial charge in [0.1, 0.15) is 6.10 Å². The topological polar surface area (TPSA) is 105 Å². The minimum absolute atomic E-state index is 0.169. The normalized spacial score (nSPS) is 18.8. The number of nitrogens with one attached hydrogen (secondary N) is 2. The highest BCUT2D eigenvalue weighted by molar-refractivity contribution is 6.22. The molecule has 1 unspecified atom stereocenters. The Morgan fingerprint density at radius 3 is 2.52 bits per heavy atom. The Balaban J connectivity index is 1.55. The Bertz CT molecular complexity index is 784. The van der Waals surface area contributed by atoms with Gasteiger partial charge in [0.05, 0.1) is 11.1 Å². The average molecular weight is 373 g/mol. The number of hydrogen-bond donors (Lipinski definition) is 2. The van der Waals surface area contributed by atoms with E-state index in [1.54, 1.807) is 13.8 Å². The fourth-order valence-electron chi connectivity index (χ4n) is 3.23. The Kier molecular flexibility index (Phi) is 5.55. The summed E-state index contributed by atoms with van der Waals surface area (Å²) in [6.07, 6.45) is 1.20. The molecule has 1 atom stereocenters. The zero-order chi connectivity index (χ0) is 19.6. The van der Waals surface area contributed by atoms with E-state index in [1.165, 1.54) is 23.1 Å². The highest BCUT2D eigenvalue weighted by atomic mass is 16.5. The average Bonchev–Trinajstić information content (AvgIpc) is 3.26. The van der Waals surface area contributed by atoms with E-state index in [1.807, 2.05) is 0 Å². The Morgan fingerprint density at radius 2 is 1.85 bits per heavy atom. The summed E-state index contributed by atoms with van der Waals surface area (Å²) in [5.41, 5.74) is 0.855. The molecule has 3 rings (SSSR count). The number of carbonyl (C=O) groups excluding carboxylic acids is 4. The molecule has 0 aliphatic carbocycles. The van der Waals surface area contributed by atoms with Crippen LogP contribution in [0.5, 0.6) is 0 Å². The van der Waals surface area contributed by atoms with Crippen molar-refractivity contribution in [2.24, 2.45) is 0 Å². The van der Waals surface area contributed by atoms with Crippen LogP contribution in [-0.2, 0) is 9.53 Å². The number of rotatable bonds is 6. The van der Waals surface area contributed by atoms with Crippen LogP contribution in [0.4, 0.5) is 0 Å². The van der Waals surface area contributed by atoms with E-state index < -0.39 is 6.10 Å². The second-order valence-corrected chi connectivity index (χ2v) is 6.88. The molecule has 0 spiro atoms. The molecule has 27 heavy (non-hydrogen) atoms. The third kappa shape index (κ3) is 3.85. The summed E-state index contributed by atoms with van der Waals surface area (Å²) in [5.74, 6) is -1.26. The van der Waals surface area contributed by atoms with Crippen LogP contribution in [0.2, 0.25) is 0 Å². The highest BCUT2D eigenvalue weighted by Crippen LogP contribution is 2.25. The van der Waals surface area contributed by atoms with Crippen molar-refractivity contribution >= 4 is 23.6 Å². The van der Waals surface area contributed by atoms with Gasteiger partial charge in [-0.3, -0.25) is 24.1 Å². The van der Waals surface area contributed by atoms with Crippen LogP contribution in [0.3, 0.4) is 0 Å². The second-order valence-electron chi connectivity index (χ2n) is 6.88. The SMILES string of the molecule is CC(C)N1C(=O)c2ccc(C(=O)NCCNC(=O)C3CCCO3)cc2C1=O. The van der Waals surface area contributed by atoms with Crippen molar-refractivity contribution in [1.29, 1.82) is 0 Å². The van der Waals surface area contributed by atoms with Gasteiger partial charge in [-0.25, -0.2) is 0 Å². The number of carbonyl (C=O) groups is 4. The lowest BCUT2D eigenvalue weighted by Crippen LogP contribution is -2.39. The number of imide groups is 1. The van der Waals surface area contributed by atoms with Crippen LogP contribution in [0, 0.1) is 0 Å². The van der Waals surface area contributed by atoms with Crippen molar-refractivity contribution in [2.75, 3.05) is 19.7 Å². The molecule has 4 amide bonds. The Labute approximate surface area is 157 Å². The van der Waals surface area contributed by atoms with E-state index in [0.29, 0.717) is 24.2 Å². The van der Waals surface area contributed by atoms with E-state index in [2.05, 4.69) is 10.6 Å². The summed E-state index contributed by atoms with van der Waals surface area (Å²) < 4.78 is 5.29. The smallest absolute Gasteiger partial charge is 0.261 e. The van der Waals surface area contributed by atoms with Gasteiger partial charge in [-0.15, -0.1) is 0 Å². The maximum absolute atomic E-state index is 12.4. The largest absolute Gasteiger partial charge is 0.368 e. The van der Waals surface area contributed by atoms with Crippen LogP contribution in [0.15, 0.2) is 18.2 Å². The molecular formula is C19H23N3O5. The van der Waals surface area contributed by atoms with E-state index in [0.717, 1.165) is 6.42 Å². The lowest BCUT2D eigenvalue weighted by molar-refractivity contribution is -0.129. The Morgan fingerprint density at radius 1 is 1.15 bits per heavy atom. The van der Waals surface area contributed by atoms with Gasteiger partial charge in [0.25, 0.3) is 17.7 Å². The summed E-state index contributed by atoms with van der Waals surface area (Å²) >= 11 is 0. The van der Waals surface area contributed by atoms with Crippen molar-refractivity contribution in [2.45, 2.75) is 38.8 Å². The predicted octanol–water partition coefficient (Wildman–Crippen LogP) is 0.716. The first-order chi connectivity index (χ1) is 12.9. The van der Waals surface area contributed by atoms with Gasteiger partial charge in [0.2, 0.25) is 5.91 Å². The molecule has 0 radical (unpaired) electrons. The molecule has 1 aromatic rings. The number of hydrogen-bond acceptors (Lipinski definition) is 5. The summed E-state index contributed by atoms with van der Waals surface area (Å²) in [6.45, 7) is 4.66. The monoisotopic (exact) mass is 373 g/mol. The first-order valence-electron chi connectivity index (χ1n) is 9.09. The van der Waals surface area contributed by atoms with Crippen molar-refractivity contribution in [3.63, 3.8) is 0 Å². The molecule has 1 saturated heterocycles. The zero-order valence-corrected chi connectivity index (χ0v) is 15.4. The molecule has 0 aromatic heterocycles. The molecule has 2 aliphatic heterocycles. The molecule has 2 N–H and O–H groups in total. The van der Waals surface area contributed by atoms with Crippen molar-refractivity contribution < 1.29 is 23.9 Å². The van der Waals surface area contributed by atoms with Crippen LogP contribution in [0.1, 0.15) is 57.8 Å². The summed E-state index contributed by atoms with van der Waals surface area (Å²) in [7, 11) is 0. The standard InChI is InChI=1S/C19H23N3O5/c1-11(2)22-18(25)13-6-5-12(10-14(13)19(22)26)16(23)20-7-8-21-17(24)15-4-3-9-27-15/h5-6,10-11,15H,3-4,7-9H2,1-2H3,(H,20,23)(H,21,24). The van der Waals surface area contributed by atoms with Gasteiger partial charge in [0, 0.05) is 31.3 Å². The van der Waals surface area contributed by atoms with Gasteiger partial charge in [-0.2, -0.15) is 0 Å². The lowest BCUT2D eigenvalue weighted by atomic mass is 10.1. The van der Waals surface area contributed by atoms with E-state index in [4.69, 9.17) is 4.74 Å². The molecule has 8 nitrogen and oxygen atoms in total. The van der Waals surface area contributed by atoms with Crippen LogP contribution in [0.25, 0.3) is 0 Å². The summed E-state index contributed by atoms with van der Waals surface area (Å²) in [5, 5.41) is 5.41. The van der Waals surface area contributed by atoms with E-state index in [-0.39, 0.29) is 48.3 Å². The predicted molar refractivity (Wildman–Crippen MR) is 96.4 cm³/mol. The first kappa shape index (κ1) is 19.0. The molecule has 2 aliphatic rings. The Hall–Kier alpha value is -2.74. The third-order valence-corrected chi connectivity index (χ3v) is 4.63. The second kappa shape index (κ2) is 7.87. The third-order valence-electron chi connectivity index (χ3n) is 4.63. The van der Waals surface area contributed by atoms with Crippen molar-refractivity contribution in [3.05, 3.63) is 34.9 Å². The fraction of sp³-hybridized carbons (Fsp3) is 0.474. The molecule has 8 heteroatoms. The van der Waals surface area contributed by atoms with Gasteiger partial charge >= 0.3 is 0 Å². The van der Waals surface area contributed by atoms with Gasteiger partial charge < -0.3 is 15.4 Å². The number of benzene rings is 1. The molecule has 2 heterocycles. The minimum Gasteiger partial charge on any atom is -0.368 e. The zero-order valence-electron chi connectivity index (χ0n) is 15.4. The molecule has 1 aromatic carbocycles. The summed E-state index contributed by atoms with van der Waals surface area (Å²) in [4.78, 5) is 50.0. The molecule has 0 saturated carbocycles. The van der Waals surface area contributed by atoms with Gasteiger partial charge in [-0.05, 0) is 44.9 Å². The maximum Gasteiger partial charge on any atom is 0.261 e. The molecular weight excluding hydrogens is 350 g/mol. The maximum atomic E-state index is 12.4. The number of nitrogens with zero attached hydrogens (tertiary/aromatic N) is 1. The number of ether oxygens (including phenoxy) is 1. The number of fused-ring (bicyclic) bond motifs is 1. The first-order valence-corrected chi connectivity index (χ1v) is 9.09. The minimum atomic E-state index is -0.398. The van der Waals surface area contributed by atoms with Crippen molar-refractivity contribution in [3.8, 4) is 0 Å². The molecule has 144 valence electrons. The van der Waals surface area contributed by atoms with E-state index >= 15 is 0 Å². The van der Waals surface area contributed by atoms with Crippen molar-refractivity contribution in [1.82, 2.24) is 15.5 Å². The van der Waals surface area contributed by atoms with Gasteiger partial charge in [-0.1, -0.05) is 0 Å². The highest BCUT2D eigenvalue weighted by Gasteiger charge is 2.37. The van der Waals surface area contributed by atoms with Crippen LogP contribution in [-0.4, -0.2) is 60.4 Å². The fourth-order valence-corrected chi connectivity index (χ4v) is 3.23.